The molecule has 0 spiro atoms. The first-order chi connectivity index (χ1) is 45.0. The molecule has 2 unspecified atom stereocenters. The lowest BCUT2D eigenvalue weighted by atomic mass is 10.0. The van der Waals surface area contributed by atoms with E-state index < -0.39 is 12.1 Å². The first kappa shape index (κ1) is 88.8. The van der Waals surface area contributed by atoms with Gasteiger partial charge >= 0.3 is 5.97 Å². The molecule has 2 atom stereocenters. The number of carbonyl (C=O) groups is 2. The summed E-state index contributed by atoms with van der Waals surface area (Å²) in [5, 5.41) is 23.5. The lowest BCUT2D eigenvalue weighted by molar-refractivity contribution is -0.143. The van der Waals surface area contributed by atoms with Crippen molar-refractivity contribution in [3.63, 3.8) is 0 Å². The number of rotatable bonds is 78. The molecular weight excluding hydrogens is 1110 g/mol. The minimum Gasteiger partial charge on any atom is -0.466 e. The van der Waals surface area contributed by atoms with Crippen LogP contribution in [-0.2, 0) is 14.3 Å². The molecule has 6 nitrogen and oxygen atoms in total. The molecule has 1 amide bonds. The van der Waals surface area contributed by atoms with E-state index in [2.05, 4.69) is 67.8 Å². The van der Waals surface area contributed by atoms with Gasteiger partial charge in [0.2, 0.25) is 5.91 Å². The molecule has 0 aliphatic rings. The number of carbonyl (C=O) groups excluding carboxylic acids is 2. The normalized spacial score (nSPS) is 12.7. The van der Waals surface area contributed by atoms with Gasteiger partial charge in [-0.15, -0.1) is 0 Å². The number of ether oxygens (including phenoxy) is 1. The van der Waals surface area contributed by atoms with Crippen molar-refractivity contribution in [2.24, 2.45) is 0 Å². The number of hydrogen-bond acceptors (Lipinski definition) is 5. The molecular formula is C85H161NO5. The standard InChI is InChI=1S/C85H161NO5/c1-3-5-7-9-11-13-15-17-19-21-23-24-38-42-45-49-53-57-61-65-69-73-77-83(88)82(81-87)86-84(89)78-74-70-66-62-58-54-50-46-43-39-36-34-32-30-28-26-25-27-29-31-33-35-37-40-44-48-52-56-60-64-68-72-76-80-91-85(90)79-75-71-67-63-59-55-51-47-41-22-20-18-16-14-12-10-8-6-4-2/h12,14,18,20,29,31,35,37,82-83,87-88H,3-11,13,15-17,19,21-28,30,32-34,36,38-81H2,1-2H3,(H,86,89)/b14-12-,20-18-,31-29-,37-35-. The molecule has 0 saturated carbocycles. The van der Waals surface area contributed by atoms with Gasteiger partial charge in [0.25, 0.3) is 0 Å². The van der Waals surface area contributed by atoms with E-state index in [4.69, 9.17) is 4.74 Å². The Hall–Kier alpha value is -2.18. The van der Waals surface area contributed by atoms with E-state index in [9.17, 15) is 19.8 Å². The second-order valence-corrected chi connectivity index (χ2v) is 28.5. The molecule has 0 aromatic heterocycles. The van der Waals surface area contributed by atoms with Crippen LogP contribution >= 0.6 is 0 Å². The molecule has 0 aromatic carbocycles. The van der Waals surface area contributed by atoms with Gasteiger partial charge in [-0.05, 0) is 89.9 Å². The summed E-state index contributed by atoms with van der Waals surface area (Å²) >= 11 is 0. The SMILES string of the molecule is CCCCC/C=C\C/C=C\CCCCCCCCCCCC(=O)OCCCCCCCCCCC/C=C\C/C=C\CCCCCCCCCCCCCCCCCCCC(=O)NC(CO)C(O)CCCCCCCCCCCCCCCCCCCCCCCC. The summed E-state index contributed by atoms with van der Waals surface area (Å²) in [4.78, 5) is 24.7. The summed E-state index contributed by atoms with van der Waals surface area (Å²) in [6, 6.07) is -0.542. The van der Waals surface area contributed by atoms with Gasteiger partial charge in [-0.25, -0.2) is 0 Å². The smallest absolute Gasteiger partial charge is 0.305 e. The van der Waals surface area contributed by atoms with Crippen molar-refractivity contribution in [3.05, 3.63) is 48.6 Å². The summed E-state index contributed by atoms with van der Waals surface area (Å²) < 4.78 is 5.51. The van der Waals surface area contributed by atoms with Crippen molar-refractivity contribution < 1.29 is 24.5 Å². The minimum absolute atomic E-state index is 0.0111. The van der Waals surface area contributed by atoms with Crippen LogP contribution in [-0.4, -0.2) is 47.4 Å². The van der Waals surface area contributed by atoms with Crippen LogP contribution in [0.1, 0.15) is 457 Å². The second-order valence-electron chi connectivity index (χ2n) is 28.5. The molecule has 0 aliphatic carbocycles. The average molecular weight is 1280 g/mol. The van der Waals surface area contributed by atoms with Crippen molar-refractivity contribution in [2.75, 3.05) is 13.2 Å². The van der Waals surface area contributed by atoms with Crippen molar-refractivity contribution in [1.29, 1.82) is 0 Å². The molecule has 91 heavy (non-hydrogen) atoms. The van der Waals surface area contributed by atoms with Crippen LogP contribution in [0.5, 0.6) is 0 Å². The Morgan fingerprint density at radius 2 is 0.549 bits per heavy atom. The first-order valence-electron chi connectivity index (χ1n) is 41.4. The fraction of sp³-hybridized carbons (Fsp3) is 0.882. The topological polar surface area (TPSA) is 95.9 Å². The number of nitrogens with one attached hydrogen (secondary N) is 1. The molecule has 6 heteroatoms. The van der Waals surface area contributed by atoms with Crippen LogP contribution in [0, 0.1) is 0 Å². The van der Waals surface area contributed by atoms with Gasteiger partial charge in [-0.3, -0.25) is 9.59 Å². The number of allylic oxidation sites excluding steroid dienone is 8. The largest absolute Gasteiger partial charge is 0.466 e. The van der Waals surface area contributed by atoms with Crippen LogP contribution in [0.2, 0.25) is 0 Å². The molecule has 0 saturated heterocycles. The van der Waals surface area contributed by atoms with E-state index in [-0.39, 0.29) is 18.5 Å². The van der Waals surface area contributed by atoms with E-state index in [1.807, 2.05) is 0 Å². The molecule has 3 N–H and O–H groups in total. The van der Waals surface area contributed by atoms with Gasteiger partial charge in [-0.1, -0.05) is 403 Å². The number of aliphatic hydroxyl groups is 2. The Kier molecular flexibility index (Phi) is 78.3. The third-order valence-electron chi connectivity index (χ3n) is 19.4. The van der Waals surface area contributed by atoms with Gasteiger partial charge in [0, 0.05) is 12.8 Å². The van der Waals surface area contributed by atoms with Crippen molar-refractivity contribution in [2.45, 2.75) is 469 Å². The number of unbranched alkanes of at least 4 members (excludes halogenated alkanes) is 59. The van der Waals surface area contributed by atoms with Crippen LogP contribution in [0.4, 0.5) is 0 Å². The Morgan fingerprint density at radius 3 is 0.857 bits per heavy atom. The summed E-state index contributed by atoms with van der Waals surface area (Å²) in [7, 11) is 0. The highest BCUT2D eigenvalue weighted by Crippen LogP contribution is 2.20. The van der Waals surface area contributed by atoms with Crippen LogP contribution in [0.3, 0.4) is 0 Å². The Bertz CT molecular complexity index is 1520. The van der Waals surface area contributed by atoms with E-state index in [1.165, 1.54) is 366 Å². The van der Waals surface area contributed by atoms with E-state index >= 15 is 0 Å². The van der Waals surface area contributed by atoms with Crippen molar-refractivity contribution >= 4 is 11.9 Å². The zero-order valence-electron chi connectivity index (χ0n) is 61.6. The highest BCUT2D eigenvalue weighted by Gasteiger charge is 2.20. The van der Waals surface area contributed by atoms with E-state index in [0.717, 1.165) is 57.8 Å². The van der Waals surface area contributed by atoms with Crippen molar-refractivity contribution in [1.82, 2.24) is 5.32 Å². The fourth-order valence-electron chi connectivity index (χ4n) is 13.1. The Balaban J connectivity index is 3.38. The highest BCUT2D eigenvalue weighted by molar-refractivity contribution is 5.76. The van der Waals surface area contributed by atoms with E-state index in [0.29, 0.717) is 25.9 Å². The lowest BCUT2D eigenvalue weighted by Crippen LogP contribution is -2.45. The fourth-order valence-corrected chi connectivity index (χ4v) is 13.1. The Labute approximate surface area is 569 Å². The van der Waals surface area contributed by atoms with Crippen molar-refractivity contribution in [3.8, 4) is 0 Å². The van der Waals surface area contributed by atoms with Crippen LogP contribution < -0.4 is 5.32 Å². The maximum Gasteiger partial charge on any atom is 0.305 e. The molecule has 0 bridgehead atoms. The maximum absolute atomic E-state index is 12.6. The molecule has 0 radical (unpaired) electrons. The van der Waals surface area contributed by atoms with E-state index in [1.54, 1.807) is 0 Å². The maximum atomic E-state index is 12.6. The van der Waals surface area contributed by atoms with Crippen LogP contribution in [0.25, 0.3) is 0 Å². The zero-order valence-corrected chi connectivity index (χ0v) is 61.6. The Morgan fingerprint density at radius 1 is 0.308 bits per heavy atom. The van der Waals surface area contributed by atoms with Gasteiger partial charge in [0.1, 0.15) is 0 Å². The number of amides is 1. The summed E-state index contributed by atoms with van der Waals surface area (Å²) in [5.41, 5.74) is 0. The van der Waals surface area contributed by atoms with Gasteiger partial charge < -0.3 is 20.3 Å². The molecule has 536 valence electrons. The number of aliphatic hydroxyl groups excluding tert-OH is 2. The predicted octanol–water partition coefficient (Wildman–Crippen LogP) is 27.5. The number of esters is 1. The lowest BCUT2D eigenvalue weighted by Gasteiger charge is -2.22. The minimum atomic E-state index is -0.665. The second kappa shape index (κ2) is 80.3. The highest BCUT2D eigenvalue weighted by atomic mass is 16.5. The monoisotopic (exact) mass is 1280 g/mol. The van der Waals surface area contributed by atoms with Gasteiger partial charge in [0.15, 0.2) is 0 Å². The quantitative estimate of drug-likeness (QED) is 0.0320. The summed E-state index contributed by atoms with van der Waals surface area (Å²) in [5.74, 6) is -0.0170. The average Bonchev–Trinajstić information content (AvgIpc) is 3.58. The molecule has 0 heterocycles. The third kappa shape index (κ3) is 76.7. The summed E-state index contributed by atoms with van der Waals surface area (Å²) in [6.07, 6.45) is 106. The molecule has 0 fully saturated rings. The zero-order chi connectivity index (χ0) is 65.6. The molecule has 0 rings (SSSR count). The molecule has 0 aliphatic heterocycles. The first-order valence-corrected chi connectivity index (χ1v) is 41.4. The third-order valence-corrected chi connectivity index (χ3v) is 19.4. The number of hydrogen-bond donors (Lipinski definition) is 3. The summed E-state index contributed by atoms with van der Waals surface area (Å²) in [6.45, 7) is 4.97. The van der Waals surface area contributed by atoms with Crippen LogP contribution in [0.15, 0.2) is 48.6 Å². The predicted molar refractivity (Wildman–Crippen MR) is 402 cm³/mol. The molecule has 0 aromatic rings. The van der Waals surface area contributed by atoms with Gasteiger partial charge in [0.05, 0.1) is 25.4 Å². The van der Waals surface area contributed by atoms with Gasteiger partial charge in [-0.2, -0.15) is 0 Å².